The van der Waals surface area contributed by atoms with E-state index >= 15 is 0 Å². The third-order valence-corrected chi connectivity index (χ3v) is 6.50. The van der Waals surface area contributed by atoms with Crippen LogP contribution in [0.25, 0.3) is 0 Å². The van der Waals surface area contributed by atoms with E-state index in [0.717, 1.165) is 6.42 Å². The lowest BCUT2D eigenvalue weighted by atomic mass is 9.86. The predicted molar refractivity (Wildman–Crippen MR) is 115 cm³/mol. The lowest BCUT2D eigenvalue weighted by molar-refractivity contribution is -0.00843. The fraction of sp³-hybridized carbons (Fsp3) is 0.500. The van der Waals surface area contributed by atoms with Crippen LogP contribution in [0.1, 0.15) is 43.9 Å². The number of fused-ring (bicyclic) bond motifs is 1. The molecule has 0 saturated heterocycles. The number of nitrogens with two attached hydrogens (primary N) is 1. The number of benzene rings is 1. The normalized spacial score (nSPS) is 29.5. The molecular weight excluding hydrogens is 422 g/mol. The molecule has 1 heterocycles. The minimum Gasteiger partial charge on any atom is -0.388 e. The molecular formula is C20H27N5O5S. The van der Waals surface area contributed by atoms with E-state index in [0.29, 0.717) is 11.6 Å². The van der Waals surface area contributed by atoms with Gasteiger partial charge in [-0.1, -0.05) is 38.1 Å². The molecule has 0 radical (unpaired) electrons. The first-order valence-electron chi connectivity index (χ1n) is 10.1. The maximum absolute atomic E-state index is 11.2. The first kappa shape index (κ1) is 21.9. The molecule has 6 N–H and O–H groups in total. The molecule has 10 nitrogen and oxygen atoms in total. The zero-order valence-electron chi connectivity index (χ0n) is 17.3. The molecule has 1 saturated carbocycles. The number of hydrogen-bond acceptors (Lipinski definition) is 9. The molecule has 2 aliphatic rings. The molecule has 0 spiro atoms. The fourth-order valence-electron chi connectivity index (χ4n) is 4.56. The molecule has 0 amide bonds. The molecule has 1 aromatic carbocycles. The summed E-state index contributed by atoms with van der Waals surface area (Å²) < 4.78 is 27.0. The van der Waals surface area contributed by atoms with Gasteiger partial charge >= 0.3 is 10.3 Å². The van der Waals surface area contributed by atoms with Gasteiger partial charge in [0.05, 0.1) is 12.1 Å². The van der Waals surface area contributed by atoms with Crippen molar-refractivity contribution in [1.82, 2.24) is 9.97 Å². The summed E-state index contributed by atoms with van der Waals surface area (Å²) >= 11 is 0. The minimum atomic E-state index is -4.25. The Labute approximate surface area is 181 Å². The van der Waals surface area contributed by atoms with Crippen molar-refractivity contribution in [2.45, 2.75) is 62.5 Å². The van der Waals surface area contributed by atoms with Crippen LogP contribution >= 0.6 is 0 Å². The van der Waals surface area contributed by atoms with Gasteiger partial charge in [-0.2, -0.15) is 8.42 Å². The van der Waals surface area contributed by atoms with Gasteiger partial charge < -0.3 is 20.8 Å². The molecule has 2 aromatic rings. The standard InChI is InChI=1S/C20H27N5O5S/c1-20(2)9-14(11-5-3-4-6-12(11)20)25-17-8-16(22-10-23-17)24-13-7-15(19(27)18(13)26)30-31(21,28)29/h3-6,8,10,13-15,18-19,26-27H,7,9H2,1-2H3,(H2,21,28,29)(H2,22,23,24,25)/t13-,14+,15+,18+,19-/m1/s1. The van der Waals surface area contributed by atoms with Crippen molar-refractivity contribution in [3.63, 3.8) is 0 Å². The maximum Gasteiger partial charge on any atom is 0.333 e. The summed E-state index contributed by atoms with van der Waals surface area (Å²) in [5.41, 5.74) is 2.59. The van der Waals surface area contributed by atoms with Gasteiger partial charge in [0, 0.05) is 12.5 Å². The molecule has 168 valence electrons. The lowest BCUT2D eigenvalue weighted by Crippen LogP contribution is -2.37. The lowest BCUT2D eigenvalue weighted by Gasteiger charge is -2.20. The first-order chi connectivity index (χ1) is 14.5. The van der Waals surface area contributed by atoms with E-state index in [-0.39, 0.29) is 17.9 Å². The number of hydrogen-bond donors (Lipinski definition) is 5. The summed E-state index contributed by atoms with van der Waals surface area (Å²) in [5.74, 6) is 1.04. The van der Waals surface area contributed by atoms with Crippen LogP contribution in [0.15, 0.2) is 36.7 Å². The van der Waals surface area contributed by atoms with E-state index in [9.17, 15) is 18.6 Å². The van der Waals surface area contributed by atoms with Crippen LogP contribution in [0, 0.1) is 0 Å². The number of aliphatic hydroxyl groups excluding tert-OH is 2. The van der Waals surface area contributed by atoms with Crippen molar-refractivity contribution < 1.29 is 22.8 Å². The number of nitrogens with one attached hydrogen (secondary N) is 2. The third-order valence-electron chi connectivity index (χ3n) is 5.99. The van der Waals surface area contributed by atoms with E-state index in [4.69, 9.17) is 5.14 Å². The zero-order chi connectivity index (χ0) is 22.4. The average molecular weight is 450 g/mol. The van der Waals surface area contributed by atoms with Gasteiger partial charge in [0.2, 0.25) is 0 Å². The Kier molecular flexibility index (Phi) is 5.64. The molecule has 0 unspecified atom stereocenters. The van der Waals surface area contributed by atoms with Crippen LogP contribution < -0.4 is 15.8 Å². The number of aromatic nitrogens is 2. The Morgan fingerprint density at radius 2 is 1.81 bits per heavy atom. The highest BCUT2D eigenvalue weighted by molar-refractivity contribution is 7.84. The summed E-state index contributed by atoms with van der Waals surface area (Å²) in [6.45, 7) is 4.43. The Hall–Kier alpha value is -2.31. The van der Waals surface area contributed by atoms with Crippen molar-refractivity contribution >= 4 is 21.9 Å². The number of rotatable bonds is 6. The van der Waals surface area contributed by atoms with Crippen molar-refractivity contribution in [3.8, 4) is 0 Å². The minimum absolute atomic E-state index is 0.0374. The molecule has 1 fully saturated rings. The Bertz CT molecular complexity index is 1060. The van der Waals surface area contributed by atoms with Crippen LogP contribution in [0.5, 0.6) is 0 Å². The van der Waals surface area contributed by atoms with E-state index in [2.05, 4.69) is 50.8 Å². The maximum atomic E-state index is 11.2. The van der Waals surface area contributed by atoms with Crippen LogP contribution in [-0.4, -0.2) is 53.0 Å². The summed E-state index contributed by atoms with van der Waals surface area (Å²) in [4.78, 5) is 8.47. The summed E-state index contributed by atoms with van der Waals surface area (Å²) in [7, 11) is -4.25. The molecule has 2 aliphatic carbocycles. The van der Waals surface area contributed by atoms with Gasteiger partial charge in [0.1, 0.15) is 36.3 Å². The second kappa shape index (κ2) is 7.99. The zero-order valence-corrected chi connectivity index (χ0v) is 18.1. The average Bonchev–Trinajstić information content (AvgIpc) is 3.09. The quantitative estimate of drug-likeness (QED) is 0.430. The van der Waals surface area contributed by atoms with Gasteiger partial charge in [-0.3, -0.25) is 4.18 Å². The molecule has 4 rings (SSSR count). The molecule has 0 aliphatic heterocycles. The van der Waals surface area contributed by atoms with Crippen molar-refractivity contribution in [2.75, 3.05) is 10.6 Å². The van der Waals surface area contributed by atoms with E-state index in [1.165, 1.54) is 17.5 Å². The summed E-state index contributed by atoms with van der Waals surface area (Å²) in [5, 5.41) is 31.7. The fourth-order valence-corrected chi connectivity index (χ4v) is 5.10. The Balaban J connectivity index is 1.46. The monoisotopic (exact) mass is 449 g/mol. The smallest absolute Gasteiger partial charge is 0.333 e. The van der Waals surface area contributed by atoms with E-state index in [1.54, 1.807) is 6.07 Å². The highest BCUT2D eigenvalue weighted by Crippen LogP contribution is 2.45. The molecule has 5 atom stereocenters. The first-order valence-corrected chi connectivity index (χ1v) is 11.5. The van der Waals surface area contributed by atoms with Crippen LogP contribution in [0.2, 0.25) is 0 Å². The van der Waals surface area contributed by atoms with Crippen LogP contribution in [0.4, 0.5) is 11.6 Å². The summed E-state index contributed by atoms with van der Waals surface area (Å²) in [6, 6.07) is 9.47. The highest BCUT2D eigenvalue weighted by Gasteiger charge is 2.44. The largest absolute Gasteiger partial charge is 0.388 e. The van der Waals surface area contributed by atoms with Gasteiger partial charge in [-0.05, 0) is 23.0 Å². The van der Waals surface area contributed by atoms with Crippen molar-refractivity contribution in [1.29, 1.82) is 0 Å². The van der Waals surface area contributed by atoms with Crippen LogP contribution in [0.3, 0.4) is 0 Å². The number of aliphatic hydroxyl groups is 2. The number of nitrogens with zero attached hydrogens (tertiary/aromatic N) is 2. The van der Waals surface area contributed by atoms with Crippen molar-refractivity contribution in [2.24, 2.45) is 5.14 Å². The Morgan fingerprint density at radius 3 is 2.52 bits per heavy atom. The highest BCUT2D eigenvalue weighted by atomic mass is 32.2. The summed E-state index contributed by atoms with van der Waals surface area (Å²) in [6.07, 6.45) is -1.44. The predicted octanol–water partition coefficient (Wildman–Crippen LogP) is 0.806. The SMILES string of the molecule is CC1(C)C[C@H](Nc2cc(N[C@@H]3C[C@H](OS(N)(=O)=O)[C@@H](O)[C@H]3O)ncn2)c2ccccc21. The van der Waals surface area contributed by atoms with Gasteiger partial charge in [-0.15, -0.1) is 0 Å². The van der Waals surface area contributed by atoms with E-state index < -0.39 is 34.7 Å². The third kappa shape index (κ3) is 4.65. The van der Waals surface area contributed by atoms with Crippen molar-refractivity contribution in [3.05, 3.63) is 47.8 Å². The van der Waals surface area contributed by atoms with Gasteiger partial charge in [0.25, 0.3) is 0 Å². The van der Waals surface area contributed by atoms with Crippen LogP contribution in [-0.2, 0) is 19.9 Å². The second-order valence-corrected chi connectivity index (χ2v) is 9.93. The molecule has 1 aromatic heterocycles. The molecule has 0 bridgehead atoms. The van der Waals surface area contributed by atoms with Gasteiger partial charge in [-0.25, -0.2) is 15.1 Å². The molecule has 11 heteroatoms. The molecule has 31 heavy (non-hydrogen) atoms. The van der Waals surface area contributed by atoms with E-state index in [1.807, 2.05) is 12.1 Å². The Morgan fingerprint density at radius 1 is 1.13 bits per heavy atom. The topological polar surface area (TPSA) is 160 Å². The number of anilines is 2. The second-order valence-electron chi connectivity index (χ2n) is 8.76. The van der Waals surface area contributed by atoms with Gasteiger partial charge in [0.15, 0.2) is 0 Å².